The third-order valence-electron chi connectivity index (χ3n) is 1.62. The fraction of sp³-hybridized carbons (Fsp3) is 0.182. The van der Waals surface area contributed by atoms with Crippen LogP contribution in [0.3, 0.4) is 0 Å². The van der Waals surface area contributed by atoms with E-state index in [1.54, 1.807) is 12.1 Å². The van der Waals surface area contributed by atoms with E-state index in [1.807, 2.05) is 6.07 Å². The fourth-order valence-corrected chi connectivity index (χ4v) is 1.08. The molecule has 0 N–H and O–H groups in total. The van der Waals surface area contributed by atoms with Crippen LogP contribution in [-0.4, -0.2) is 5.75 Å². The van der Waals surface area contributed by atoms with Crippen LogP contribution in [0.25, 0.3) is 0 Å². The first kappa shape index (κ1) is 10.6. The van der Waals surface area contributed by atoms with Crippen molar-refractivity contribution >= 4 is 12.6 Å². The molecule has 0 spiro atoms. The Morgan fingerprint density at radius 1 is 1.43 bits per heavy atom. The summed E-state index contributed by atoms with van der Waals surface area (Å²) >= 11 is 3.90. The molecule has 1 nitrogen and oxygen atoms in total. The lowest BCUT2D eigenvalue weighted by Gasteiger charge is -1.97. The molecule has 0 amide bonds. The van der Waals surface area contributed by atoms with Gasteiger partial charge in [-0.25, -0.2) is 4.39 Å². The zero-order valence-corrected chi connectivity index (χ0v) is 8.31. The minimum atomic E-state index is -0.360. The molecule has 0 radical (unpaired) electrons. The van der Waals surface area contributed by atoms with Crippen LogP contribution in [-0.2, 0) is 6.42 Å². The molecule has 70 valence electrons. The topological polar surface area (TPSA) is 23.8 Å². The van der Waals surface area contributed by atoms with Crippen molar-refractivity contribution in [3.05, 3.63) is 35.1 Å². The SMILES string of the molecule is N#CCc1ccc(F)c(C#CCS)c1. The standard InChI is InChI=1S/C11H8FNS/c12-11-4-3-9(5-6-13)8-10(11)2-1-7-14/h3-4,8,14H,5,7H2. The molecule has 3 heteroatoms. The van der Waals surface area contributed by atoms with E-state index in [0.29, 0.717) is 11.3 Å². The number of nitrogens with zero attached hydrogens (tertiary/aromatic N) is 1. The molecule has 1 aromatic rings. The molecule has 0 saturated heterocycles. The van der Waals surface area contributed by atoms with Gasteiger partial charge in [0.05, 0.1) is 23.8 Å². The molecule has 0 fully saturated rings. The lowest BCUT2D eigenvalue weighted by atomic mass is 10.1. The van der Waals surface area contributed by atoms with Crippen LogP contribution < -0.4 is 0 Å². The fourth-order valence-electron chi connectivity index (χ4n) is 1.00. The molecular weight excluding hydrogens is 197 g/mol. The quantitative estimate of drug-likeness (QED) is 0.551. The number of thiol groups is 1. The molecule has 14 heavy (non-hydrogen) atoms. The number of rotatable bonds is 1. The van der Waals surface area contributed by atoms with E-state index in [4.69, 9.17) is 5.26 Å². The van der Waals surface area contributed by atoms with E-state index in [2.05, 4.69) is 24.5 Å². The first-order chi connectivity index (χ1) is 6.77. The van der Waals surface area contributed by atoms with Crippen LogP contribution in [0.1, 0.15) is 11.1 Å². The number of halogens is 1. The third kappa shape index (κ3) is 2.80. The largest absolute Gasteiger partial charge is 0.206 e. The van der Waals surface area contributed by atoms with Gasteiger partial charge >= 0.3 is 0 Å². The van der Waals surface area contributed by atoms with Gasteiger partial charge in [-0.05, 0) is 17.7 Å². The van der Waals surface area contributed by atoms with E-state index in [9.17, 15) is 4.39 Å². The van der Waals surface area contributed by atoms with Crippen molar-refractivity contribution in [2.75, 3.05) is 5.75 Å². The molecule has 0 atom stereocenters. The van der Waals surface area contributed by atoms with E-state index < -0.39 is 0 Å². The molecule has 0 unspecified atom stereocenters. The highest BCUT2D eigenvalue weighted by atomic mass is 32.1. The zero-order chi connectivity index (χ0) is 10.4. The summed E-state index contributed by atoms with van der Waals surface area (Å²) in [5.74, 6) is 5.35. The second kappa shape index (κ2) is 5.32. The molecule has 0 saturated carbocycles. The molecule has 0 heterocycles. The van der Waals surface area contributed by atoms with E-state index in [1.165, 1.54) is 6.07 Å². The molecule has 0 aromatic heterocycles. The number of hydrogen-bond acceptors (Lipinski definition) is 2. The summed E-state index contributed by atoms with van der Waals surface area (Å²) in [7, 11) is 0. The van der Waals surface area contributed by atoms with Gasteiger partial charge in [0.25, 0.3) is 0 Å². The normalized spacial score (nSPS) is 8.64. The molecule has 0 bridgehead atoms. The Hall–Kier alpha value is -1.45. The first-order valence-electron chi connectivity index (χ1n) is 4.03. The van der Waals surface area contributed by atoms with Crippen molar-refractivity contribution in [3.8, 4) is 17.9 Å². The molecule has 0 aliphatic rings. The van der Waals surface area contributed by atoms with E-state index in [-0.39, 0.29) is 12.2 Å². The van der Waals surface area contributed by atoms with Crippen molar-refractivity contribution in [1.29, 1.82) is 5.26 Å². The van der Waals surface area contributed by atoms with Crippen LogP contribution >= 0.6 is 12.6 Å². The lowest BCUT2D eigenvalue weighted by molar-refractivity contribution is 0.623. The van der Waals surface area contributed by atoms with Crippen molar-refractivity contribution in [3.63, 3.8) is 0 Å². The molecule has 0 aliphatic carbocycles. The van der Waals surface area contributed by atoms with Crippen LogP contribution in [0, 0.1) is 29.0 Å². The highest BCUT2D eigenvalue weighted by molar-refractivity contribution is 7.80. The summed E-state index contributed by atoms with van der Waals surface area (Å²) < 4.78 is 13.1. The Labute approximate surface area is 88.0 Å². The van der Waals surface area contributed by atoms with Crippen molar-refractivity contribution < 1.29 is 4.39 Å². The average molecular weight is 205 g/mol. The zero-order valence-electron chi connectivity index (χ0n) is 7.42. The van der Waals surface area contributed by atoms with Crippen LogP contribution in [0.5, 0.6) is 0 Å². The Morgan fingerprint density at radius 3 is 2.86 bits per heavy atom. The van der Waals surface area contributed by atoms with Crippen LogP contribution in [0.15, 0.2) is 18.2 Å². The maximum atomic E-state index is 13.1. The highest BCUT2D eigenvalue weighted by Crippen LogP contribution is 2.09. The Kier molecular flexibility index (Phi) is 4.04. The summed E-state index contributed by atoms with van der Waals surface area (Å²) in [5, 5.41) is 8.46. The monoisotopic (exact) mass is 205 g/mol. The second-order valence-corrected chi connectivity index (χ2v) is 2.93. The maximum Gasteiger partial charge on any atom is 0.138 e. The maximum absolute atomic E-state index is 13.1. The highest BCUT2D eigenvalue weighted by Gasteiger charge is 2.00. The summed E-state index contributed by atoms with van der Waals surface area (Å²) in [4.78, 5) is 0. The van der Waals surface area contributed by atoms with Gasteiger partial charge in [0, 0.05) is 0 Å². The summed E-state index contributed by atoms with van der Waals surface area (Å²) in [6.07, 6.45) is 0.274. The van der Waals surface area contributed by atoms with Crippen molar-refractivity contribution in [2.24, 2.45) is 0 Å². The third-order valence-corrected chi connectivity index (χ3v) is 1.77. The molecular formula is C11H8FNS. The molecule has 1 aromatic carbocycles. The van der Waals surface area contributed by atoms with Crippen LogP contribution in [0.2, 0.25) is 0 Å². The van der Waals surface area contributed by atoms with Crippen molar-refractivity contribution in [2.45, 2.75) is 6.42 Å². The Balaban J connectivity index is 3.03. The summed E-state index contributed by atoms with van der Waals surface area (Å²) in [5.41, 5.74) is 1.10. The van der Waals surface area contributed by atoms with Gasteiger partial charge in [0.2, 0.25) is 0 Å². The summed E-state index contributed by atoms with van der Waals surface area (Å²) in [6, 6.07) is 6.51. The van der Waals surface area contributed by atoms with Gasteiger partial charge in [-0.15, -0.1) is 0 Å². The smallest absolute Gasteiger partial charge is 0.138 e. The predicted octanol–water partition coefficient (Wildman–Crippen LogP) is 2.17. The number of benzene rings is 1. The van der Waals surface area contributed by atoms with Crippen LogP contribution in [0.4, 0.5) is 4.39 Å². The first-order valence-corrected chi connectivity index (χ1v) is 4.66. The Bertz CT molecular complexity index is 423. The van der Waals surface area contributed by atoms with E-state index in [0.717, 1.165) is 5.56 Å². The second-order valence-electron chi connectivity index (χ2n) is 2.61. The minimum Gasteiger partial charge on any atom is -0.206 e. The van der Waals surface area contributed by atoms with Gasteiger partial charge < -0.3 is 0 Å². The lowest BCUT2D eigenvalue weighted by Crippen LogP contribution is -1.88. The molecule has 1 rings (SSSR count). The number of nitriles is 1. The van der Waals surface area contributed by atoms with Gasteiger partial charge in [-0.1, -0.05) is 17.9 Å². The van der Waals surface area contributed by atoms with Gasteiger partial charge in [-0.2, -0.15) is 17.9 Å². The summed E-state index contributed by atoms with van der Waals surface area (Å²) in [6.45, 7) is 0. The number of hydrogen-bond donors (Lipinski definition) is 1. The molecule has 0 aliphatic heterocycles. The predicted molar refractivity (Wildman–Crippen MR) is 56.4 cm³/mol. The average Bonchev–Trinajstić information content (AvgIpc) is 2.19. The van der Waals surface area contributed by atoms with Gasteiger partial charge in [0.15, 0.2) is 0 Å². The van der Waals surface area contributed by atoms with Gasteiger partial charge in [0.1, 0.15) is 5.82 Å². The van der Waals surface area contributed by atoms with Gasteiger partial charge in [-0.3, -0.25) is 0 Å². The Morgan fingerprint density at radius 2 is 2.21 bits per heavy atom. The van der Waals surface area contributed by atoms with E-state index >= 15 is 0 Å². The van der Waals surface area contributed by atoms with Crippen molar-refractivity contribution in [1.82, 2.24) is 0 Å². The minimum absolute atomic E-state index is 0.274.